The first-order valence-corrected chi connectivity index (χ1v) is 11.6. The molecule has 2 aliphatic rings. The molecule has 7 nitrogen and oxygen atoms in total. The lowest BCUT2D eigenvalue weighted by atomic mass is 10.1. The molecule has 1 unspecified atom stereocenters. The van der Waals surface area contributed by atoms with E-state index in [1.54, 1.807) is 29.2 Å². The lowest BCUT2D eigenvalue weighted by molar-refractivity contribution is -0.126. The molecule has 0 aromatic heterocycles. The first-order chi connectivity index (χ1) is 14.4. The molecule has 1 atom stereocenters. The number of nitrogens with zero attached hydrogens (tertiary/aromatic N) is 2. The van der Waals surface area contributed by atoms with Gasteiger partial charge in [-0.2, -0.15) is 4.31 Å². The summed E-state index contributed by atoms with van der Waals surface area (Å²) in [5.41, 5.74) is 1.61. The van der Waals surface area contributed by atoms with Crippen LogP contribution in [0.1, 0.15) is 24.8 Å². The number of carbonyl (C=O) groups excluding carboxylic acids is 2. The lowest BCUT2D eigenvalue weighted by Crippen LogP contribution is -2.32. The van der Waals surface area contributed by atoms with E-state index in [1.807, 2.05) is 30.3 Å². The maximum Gasteiger partial charge on any atom is 0.243 e. The van der Waals surface area contributed by atoms with Gasteiger partial charge in [0, 0.05) is 38.3 Å². The number of anilines is 1. The summed E-state index contributed by atoms with van der Waals surface area (Å²) in [6.07, 6.45) is 1.91. The predicted molar refractivity (Wildman–Crippen MR) is 113 cm³/mol. The van der Waals surface area contributed by atoms with Crippen molar-refractivity contribution in [3.63, 3.8) is 0 Å². The molecule has 2 heterocycles. The van der Waals surface area contributed by atoms with E-state index in [9.17, 15) is 18.0 Å². The Labute approximate surface area is 176 Å². The van der Waals surface area contributed by atoms with Gasteiger partial charge in [0.25, 0.3) is 0 Å². The van der Waals surface area contributed by atoms with Gasteiger partial charge in [0.1, 0.15) is 0 Å². The molecular weight excluding hydrogens is 402 g/mol. The third-order valence-electron chi connectivity index (χ3n) is 5.66. The van der Waals surface area contributed by atoms with E-state index in [4.69, 9.17) is 0 Å². The van der Waals surface area contributed by atoms with Crippen LogP contribution in [0.15, 0.2) is 59.5 Å². The molecule has 30 heavy (non-hydrogen) atoms. The topological polar surface area (TPSA) is 86.8 Å². The molecule has 0 radical (unpaired) electrons. The molecule has 0 bridgehead atoms. The Morgan fingerprint density at radius 2 is 1.67 bits per heavy atom. The van der Waals surface area contributed by atoms with Crippen LogP contribution >= 0.6 is 0 Å². The Hall–Kier alpha value is -2.71. The summed E-state index contributed by atoms with van der Waals surface area (Å²) in [7, 11) is -3.48. The molecule has 8 heteroatoms. The second kappa shape index (κ2) is 8.57. The van der Waals surface area contributed by atoms with Gasteiger partial charge in [-0.05, 0) is 42.7 Å². The number of amides is 2. The molecule has 0 saturated carbocycles. The summed E-state index contributed by atoms with van der Waals surface area (Å²) in [6.45, 7) is 1.81. The zero-order valence-corrected chi connectivity index (χ0v) is 17.5. The second-order valence-corrected chi connectivity index (χ2v) is 9.65. The van der Waals surface area contributed by atoms with Crippen LogP contribution in [0.25, 0.3) is 0 Å². The fourth-order valence-electron chi connectivity index (χ4n) is 3.94. The number of rotatable bonds is 6. The molecule has 2 amide bonds. The number of carbonyl (C=O) groups is 2. The molecular formula is C22H25N3O4S. The zero-order valence-electron chi connectivity index (χ0n) is 16.7. The van der Waals surface area contributed by atoms with Gasteiger partial charge < -0.3 is 10.2 Å². The van der Waals surface area contributed by atoms with Crippen molar-refractivity contribution in [3.8, 4) is 0 Å². The molecule has 0 spiro atoms. The summed E-state index contributed by atoms with van der Waals surface area (Å²) < 4.78 is 26.8. The van der Waals surface area contributed by atoms with E-state index in [0.29, 0.717) is 25.3 Å². The van der Waals surface area contributed by atoms with Gasteiger partial charge in [0.05, 0.1) is 10.8 Å². The van der Waals surface area contributed by atoms with Crippen LogP contribution in [0, 0.1) is 5.92 Å². The highest BCUT2D eigenvalue weighted by atomic mass is 32.2. The Balaban J connectivity index is 1.39. The summed E-state index contributed by atoms with van der Waals surface area (Å²) in [4.78, 5) is 26.8. The third-order valence-corrected chi connectivity index (χ3v) is 7.57. The van der Waals surface area contributed by atoms with Gasteiger partial charge in [0.15, 0.2) is 0 Å². The van der Waals surface area contributed by atoms with E-state index in [2.05, 4.69) is 5.32 Å². The molecule has 158 valence electrons. The molecule has 0 aliphatic carbocycles. The van der Waals surface area contributed by atoms with Gasteiger partial charge in [-0.15, -0.1) is 0 Å². The maximum absolute atomic E-state index is 12.7. The summed E-state index contributed by atoms with van der Waals surface area (Å²) >= 11 is 0. The average molecular weight is 428 g/mol. The summed E-state index contributed by atoms with van der Waals surface area (Å²) in [6, 6.07) is 16.0. The van der Waals surface area contributed by atoms with E-state index in [-0.39, 0.29) is 29.7 Å². The fourth-order valence-corrected chi connectivity index (χ4v) is 5.45. The summed E-state index contributed by atoms with van der Waals surface area (Å²) in [5.74, 6) is -0.706. The second-order valence-electron chi connectivity index (χ2n) is 7.71. The number of hydrogen-bond donors (Lipinski definition) is 1. The van der Waals surface area contributed by atoms with Crippen molar-refractivity contribution in [1.82, 2.24) is 9.62 Å². The van der Waals surface area contributed by atoms with Crippen molar-refractivity contribution < 1.29 is 18.0 Å². The molecule has 2 aromatic rings. The van der Waals surface area contributed by atoms with E-state index < -0.39 is 15.9 Å². The Bertz CT molecular complexity index is 1020. The highest BCUT2D eigenvalue weighted by molar-refractivity contribution is 7.89. The molecule has 1 N–H and O–H groups in total. The van der Waals surface area contributed by atoms with Crippen LogP contribution in [0.3, 0.4) is 0 Å². The van der Waals surface area contributed by atoms with Gasteiger partial charge in [-0.3, -0.25) is 9.59 Å². The quantitative estimate of drug-likeness (QED) is 0.765. The highest BCUT2D eigenvalue weighted by Gasteiger charge is 2.35. The maximum atomic E-state index is 12.7. The minimum absolute atomic E-state index is 0.134. The van der Waals surface area contributed by atoms with Crippen molar-refractivity contribution in [2.45, 2.75) is 30.7 Å². The highest BCUT2D eigenvalue weighted by Crippen LogP contribution is 2.28. The van der Waals surface area contributed by atoms with Crippen molar-refractivity contribution in [2.75, 3.05) is 24.5 Å². The first kappa shape index (κ1) is 20.6. The van der Waals surface area contributed by atoms with E-state index in [1.165, 1.54) is 4.31 Å². The van der Waals surface area contributed by atoms with Gasteiger partial charge >= 0.3 is 0 Å². The summed E-state index contributed by atoms with van der Waals surface area (Å²) in [5, 5.41) is 2.89. The fraction of sp³-hybridized carbons (Fsp3) is 0.364. The lowest BCUT2D eigenvalue weighted by Gasteiger charge is -2.19. The Morgan fingerprint density at radius 1 is 1.00 bits per heavy atom. The van der Waals surface area contributed by atoms with Crippen LogP contribution in [-0.2, 0) is 26.2 Å². The minimum Gasteiger partial charge on any atom is -0.352 e. The van der Waals surface area contributed by atoms with Crippen LogP contribution in [0.2, 0.25) is 0 Å². The normalized spacial score (nSPS) is 19.9. The Kier molecular flexibility index (Phi) is 5.87. The monoisotopic (exact) mass is 427 g/mol. The van der Waals surface area contributed by atoms with Crippen molar-refractivity contribution >= 4 is 27.5 Å². The Morgan fingerprint density at radius 3 is 2.33 bits per heavy atom. The van der Waals surface area contributed by atoms with Crippen molar-refractivity contribution in [3.05, 3.63) is 60.2 Å². The predicted octanol–water partition coefficient (Wildman–Crippen LogP) is 2.14. The van der Waals surface area contributed by atoms with Gasteiger partial charge in [-0.25, -0.2) is 8.42 Å². The third kappa shape index (κ3) is 4.24. The molecule has 4 rings (SSSR count). The van der Waals surface area contributed by atoms with Crippen molar-refractivity contribution in [1.29, 1.82) is 0 Å². The molecule has 2 saturated heterocycles. The number of hydrogen-bond acceptors (Lipinski definition) is 4. The smallest absolute Gasteiger partial charge is 0.243 e. The van der Waals surface area contributed by atoms with Crippen LogP contribution in [-0.4, -0.2) is 44.2 Å². The average Bonchev–Trinajstić information content (AvgIpc) is 3.43. The van der Waals surface area contributed by atoms with Gasteiger partial charge in [-0.1, -0.05) is 30.3 Å². The number of benzene rings is 2. The zero-order chi connectivity index (χ0) is 21.1. The standard InChI is InChI=1S/C22H25N3O4S/c26-21-14-18(22(27)23-15-17-6-2-1-3-7-17)16-25(21)19-8-10-20(11-9-19)30(28,29)24-12-4-5-13-24/h1-3,6-11,18H,4-5,12-16H2,(H,23,27). The SMILES string of the molecule is O=C(NCc1ccccc1)C1CC(=O)N(c2ccc(S(=O)(=O)N3CCCC3)cc2)C1. The van der Waals surface area contributed by atoms with Gasteiger partial charge in [0.2, 0.25) is 21.8 Å². The number of sulfonamides is 1. The molecule has 2 aromatic carbocycles. The van der Waals surface area contributed by atoms with Crippen LogP contribution in [0.5, 0.6) is 0 Å². The molecule has 2 fully saturated rings. The first-order valence-electron chi connectivity index (χ1n) is 10.2. The van der Waals surface area contributed by atoms with Crippen LogP contribution in [0.4, 0.5) is 5.69 Å². The largest absolute Gasteiger partial charge is 0.352 e. The number of nitrogens with one attached hydrogen (secondary N) is 1. The molecule has 2 aliphatic heterocycles. The minimum atomic E-state index is -3.48. The van der Waals surface area contributed by atoms with Crippen LogP contribution < -0.4 is 10.2 Å². The van der Waals surface area contributed by atoms with E-state index in [0.717, 1.165) is 18.4 Å². The van der Waals surface area contributed by atoms with E-state index >= 15 is 0 Å². The van der Waals surface area contributed by atoms with Crippen molar-refractivity contribution in [2.24, 2.45) is 5.92 Å².